The van der Waals surface area contributed by atoms with Crippen LogP contribution in [0.1, 0.15) is 11.1 Å². The van der Waals surface area contributed by atoms with Gasteiger partial charge in [-0.15, -0.1) is 0 Å². The van der Waals surface area contributed by atoms with Crippen LogP contribution in [-0.4, -0.2) is 13.0 Å². The molecule has 0 bridgehead atoms. The van der Waals surface area contributed by atoms with Crippen LogP contribution in [0.4, 0.5) is 5.69 Å². The van der Waals surface area contributed by atoms with E-state index in [4.69, 9.17) is 10.00 Å². The Bertz CT molecular complexity index is 825. The van der Waals surface area contributed by atoms with Crippen molar-refractivity contribution in [2.75, 3.05) is 12.4 Å². The molecule has 2 rings (SSSR count). The van der Waals surface area contributed by atoms with Crippen molar-refractivity contribution < 1.29 is 9.53 Å². The van der Waals surface area contributed by atoms with Crippen LogP contribution in [0.5, 0.6) is 5.75 Å². The number of rotatable bonds is 4. The Morgan fingerprint density at radius 1 is 1.13 bits per heavy atom. The summed E-state index contributed by atoms with van der Waals surface area (Å²) in [6, 6.07) is 17.4. The maximum absolute atomic E-state index is 12.2. The third-order valence-electron chi connectivity index (χ3n) is 3.07. The van der Waals surface area contributed by atoms with Crippen LogP contribution in [-0.2, 0) is 4.79 Å². The molecule has 0 radical (unpaired) electrons. The molecule has 5 nitrogen and oxygen atoms in total. The third kappa shape index (κ3) is 3.96. The molecule has 2 aromatic rings. The van der Waals surface area contributed by atoms with E-state index in [1.165, 1.54) is 13.2 Å². The number of nitrogens with zero attached hydrogens (tertiary/aromatic N) is 2. The SMILES string of the molecule is COc1ccccc1NC(=O)/C(C#N)=C/c1ccc(C#N)cc1. The number of carbonyl (C=O) groups excluding carboxylic acids is 1. The Labute approximate surface area is 134 Å². The Kier molecular flexibility index (Phi) is 5.12. The molecular formula is C18H13N3O2. The summed E-state index contributed by atoms with van der Waals surface area (Å²) in [6.45, 7) is 0. The number of ether oxygens (including phenoxy) is 1. The summed E-state index contributed by atoms with van der Waals surface area (Å²) in [5, 5.41) is 20.6. The van der Waals surface area contributed by atoms with E-state index in [1.807, 2.05) is 12.1 Å². The second kappa shape index (κ2) is 7.44. The Morgan fingerprint density at radius 2 is 1.83 bits per heavy atom. The molecule has 0 atom stereocenters. The number of anilines is 1. The molecule has 0 saturated heterocycles. The molecule has 1 amide bonds. The average molecular weight is 303 g/mol. The van der Waals surface area contributed by atoms with Gasteiger partial charge in [0.05, 0.1) is 24.4 Å². The number of nitrogens with one attached hydrogen (secondary N) is 1. The van der Waals surface area contributed by atoms with E-state index in [-0.39, 0.29) is 5.57 Å². The molecule has 0 heterocycles. The molecule has 0 aliphatic heterocycles. The van der Waals surface area contributed by atoms with Gasteiger partial charge in [-0.3, -0.25) is 4.79 Å². The number of hydrogen-bond acceptors (Lipinski definition) is 4. The standard InChI is InChI=1S/C18H13N3O2/c1-23-17-5-3-2-4-16(17)21-18(22)15(12-20)10-13-6-8-14(11-19)9-7-13/h2-10H,1H3,(H,21,22)/b15-10+. The Morgan fingerprint density at radius 3 is 2.43 bits per heavy atom. The summed E-state index contributed by atoms with van der Waals surface area (Å²) in [5.74, 6) is -0.0159. The maximum atomic E-state index is 12.2. The lowest BCUT2D eigenvalue weighted by Gasteiger charge is -2.09. The highest BCUT2D eigenvalue weighted by Crippen LogP contribution is 2.23. The van der Waals surface area contributed by atoms with Gasteiger partial charge >= 0.3 is 0 Å². The lowest BCUT2D eigenvalue weighted by atomic mass is 10.1. The van der Waals surface area contributed by atoms with Crippen molar-refractivity contribution in [3.8, 4) is 17.9 Å². The quantitative estimate of drug-likeness (QED) is 0.694. The fraction of sp³-hybridized carbons (Fsp3) is 0.0556. The Hall–Kier alpha value is -3.57. The second-order valence-corrected chi connectivity index (χ2v) is 4.56. The van der Waals surface area contributed by atoms with E-state index in [0.717, 1.165) is 0 Å². The van der Waals surface area contributed by atoms with E-state index >= 15 is 0 Å². The highest BCUT2D eigenvalue weighted by atomic mass is 16.5. The highest BCUT2D eigenvalue weighted by Gasteiger charge is 2.12. The first-order valence-corrected chi connectivity index (χ1v) is 6.74. The van der Waals surface area contributed by atoms with E-state index in [0.29, 0.717) is 22.6 Å². The predicted octanol–water partition coefficient (Wildman–Crippen LogP) is 3.11. The fourth-order valence-electron chi connectivity index (χ4n) is 1.91. The highest BCUT2D eigenvalue weighted by molar-refractivity contribution is 6.10. The molecule has 0 aromatic heterocycles. The number of methoxy groups -OCH3 is 1. The van der Waals surface area contributed by atoms with Crippen molar-refractivity contribution >= 4 is 17.7 Å². The van der Waals surface area contributed by atoms with Gasteiger partial charge in [0.2, 0.25) is 0 Å². The van der Waals surface area contributed by atoms with Gasteiger partial charge in [0.1, 0.15) is 17.4 Å². The first-order chi connectivity index (χ1) is 11.2. The zero-order chi connectivity index (χ0) is 16.7. The normalized spacial score (nSPS) is 10.3. The average Bonchev–Trinajstić information content (AvgIpc) is 2.60. The van der Waals surface area contributed by atoms with Gasteiger partial charge in [-0.25, -0.2) is 0 Å². The number of benzene rings is 2. The summed E-state index contributed by atoms with van der Waals surface area (Å²) in [4.78, 5) is 12.2. The maximum Gasteiger partial charge on any atom is 0.266 e. The lowest BCUT2D eigenvalue weighted by molar-refractivity contribution is -0.112. The molecule has 0 spiro atoms. The van der Waals surface area contributed by atoms with Gasteiger partial charge in [-0.2, -0.15) is 10.5 Å². The van der Waals surface area contributed by atoms with Gasteiger partial charge < -0.3 is 10.1 Å². The minimum Gasteiger partial charge on any atom is -0.495 e. The summed E-state index contributed by atoms with van der Waals surface area (Å²) >= 11 is 0. The van der Waals surface area contributed by atoms with Gasteiger partial charge in [-0.1, -0.05) is 24.3 Å². The van der Waals surface area contributed by atoms with Crippen LogP contribution in [0.2, 0.25) is 0 Å². The van der Waals surface area contributed by atoms with Crippen molar-refractivity contribution in [2.24, 2.45) is 0 Å². The smallest absolute Gasteiger partial charge is 0.266 e. The number of carbonyl (C=O) groups is 1. The van der Waals surface area contributed by atoms with Crippen molar-refractivity contribution in [3.63, 3.8) is 0 Å². The molecule has 23 heavy (non-hydrogen) atoms. The second-order valence-electron chi connectivity index (χ2n) is 4.56. The predicted molar refractivity (Wildman–Crippen MR) is 86.4 cm³/mol. The largest absolute Gasteiger partial charge is 0.495 e. The summed E-state index contributed by atoms with van der Waals surface area (Å²) in [5.41, 5.74) is 1.62. The van der Waals surface area contributed by atoms with E-state index in [2.05, 4.69) is 5.32 Å². The number of amides is 1. The van der Waals surface area contributed by atoms with Crippen LogP contribution < -0.4 is 10.1 Å². The van der Waals surface area contributed by atoms with Crippen LogP contribution >= 0.6 is 0 Å². The number of para-hydroxylation sites is 2. The van der Waals surface area contributed by atoms with Crippen LogP contribution in [0.15, 0.2) is 54.1 Å². The van der Waals surface area contributed by atoms with Gasteiger partial charge in [0, 0.05) is 0 Å². The molecule has 2 aromatic carbocycles. The van der Waals surface area contributed by atoms with Crippen molar-refractivity contribution in [3.05, 3.63) is 65.2 Å². The molecule has 112 valence electrons. The number of nitriles is 2. The molecule has 0 aliphatic rings. The summed E-state index contributed by atoms with van der Waals surface area (Å²) in [7, 11) is 1.50. The third-order valence-corrected chi connectivity index (χ3v) is 3.07. The zero-order valence-electron chi connectivity index (χ0n) is 12.4. The van der Waals surface area contributed by atoms with E-state index < -0.39 is 5.91 Å². The zero-order valence-corrected chi connectivity index (χ0v) is 12.4. The van der Waals surface area contributed by atoms with Crippen LogP contribution in [0.3, 0.4) is 0 Å². The lowest BCUT2D eigenvalue weighted by Crippen LogP contribution is -2.14. The molecule has 0 unspecified atom stereocenters. The first-order valence-electron chi connectivity index (χ1n) is 6.74. The van der Waals surface area contributed by atoms with E-state index in [1.54, 1.807) is 48.5 Å². The topological polar surface area (TPSA) is 85.9 Å². The van der Waals surface area contributed by atoms with Crippen LogP contribution in [0.25, 0.3) is 6.08 Å². The fourth-order valence-corrected chi connectivity index (χ4v) is 1.91. The minimum atomic E-state index is -0.527. The molecule has 1 N–H and O–H groups in total. The molecule has 5 heteroatoms. The summed E-state index contributed by atoms with van der Waals surface area (Å²) in [6.07, 6.45) is 1.46. The molecule has 0 aliphatic carbocycles. The van der Waals surface area contributed by atoms with Gasteiger partial charge in [0.15, 0.2) is 0 Å². The van der Waals surface area contributed by atoms with Gasteiger partial charge in [-0.05, 0) is 35.9 Å². The monoisotopic (exact) mass is 303 g/mol. The van der Waals surface area contributed by atoms with Crippen molar-refractivity contribution in [2.45, 2.75) is 0 Å². The van der Waals surface area contributed by atoms with Gasteiger partial charge in [0.25, 0.3) is 5.91 Å². The van der Waals surface area contributed by atoms with Crippen molar-refractivity contribution in [1.29, 1.82) is 10.5 Å². The Balaban J connectivity index is 2.23. The first kappa shape index (κ1) is 15.8. The molecular weight excluding hydrogens is 290 g/mol. The van der Waals surface area contributed by atoms with E-state index in [9.17, 15) is 10.1 Å². The van der Waals surface area contributed by atoms with Crippen LogP contribution in [0, 0.1) is 22.7 Å². The minimum absolute atomic E-state index is 0.0411. The molecule has 0 saturated carbocycles. The summed E-state index contributed by atoms with van der Waals surface area (Å²) < 4.78 is 5.16. The van der Waals surface area contributed by atoms with Crippen molar-refractivity contribution in [1.82, 2.24) is 0 Å². The number of hydrogen-bond donors (Lipinski definition) is 1. The molecule has 0 fully saturated rings.